The third-order valence-electron chi connectivity index (χ3n) is 5.45. The third kappa shape index (κ3) is 4.44. The molecule has 2 amide bonds. The topological polar surface area (TPSA) is 79.8 Å². The standard InChI is InChI=1S/C26H21N5OS/c1-16-6-7-21(12-17(16)2)31-26(32)30-20-5-3-4-19(13-20)24-22-14-23(18-8-10-27-11-9-18)33-25(22)29-15-28-24/h3-15H,1-2H3,(H2,30,31,32). The van der Waals surface area contributed by atoms with Crippen LogP contribution in [0.1, 0.15) is 11.1 Å². The van der Waals surface area contributed by atoms with E-state index in [0.717, 1.165) is 43.2 Å². The number of carbonyl (C=O) groups is 1. The maximum atomic E-state index is 12.5. The van der Waals surface area contributed by atoms with Gasteiger partial charge < -0.3 is 10.6 Å². The normalized spacial score (nSPS) is 10.8. The summed E-state index contributed by atoms with van der Waals surface area (Å²) in [5.41, 5.74) is 6.59. The highest BCUT2D eigenvalue weighted by atomic mass is 32.1. The second-order valence-electron chi connectivity index (χ2n) is 7.75. The molecular formula is C26H21N5OS. The number of thiophene rings is 1. The zero-order chi connectivity index (χ0) is 22.8. The van der Waals surface area contributed by atoms with Gasteiger partial charge in [-0.15, -0.1) is 11.3 Å². The van der Waals surface area contributed by atoms with Gasteiger partial charge in [0.2, 0.25) is 0 Å². The number of pyridine rings is 1. The predicted molar refractivity (Wildman–Crippen MR) is 135 cm³/mol. The number of aryl methyl sites for hydroxylation is 2. The molecule has 0 radical (unpaired) electrons. The Morgan fingerprint density at radius 3 is 2.39 bits per heavy atom. The summed E-state index contributed by atoms with van der Waals surface area (Å²) < 4.78 is 0. The van der Waals surface area contributed by atoms with E-state index in [2.05, 4.69) is 31.7 Å². The largest absolute Gasteiger partial charge is 0.323 e. The quantitative estimate of drug-likeness (QED) is 0.319. The lowest BCUT2D eigenvalue weighted by Crippen LogP contribution is -2.19. The molecule has 2 aromatic carbocycles. The minimum absolute atomic E-state index is 0.293. The average molecular weight is 452 g/mol. The first-order valence-electron chi connectivity index (χ1n) is 10.5. The summed E-state index contributed by atoms with van der Waals surface area (Å²) in [6.45, 7) is 4.07. The highest BCUT2D eigenvalue weighted by Crippen LogP contribution is 2.36. The van der Waals surface area contributed by atoms with Gasteiger partial charge in [0, 0.05) is 39.6 Å². The van der Waals surface area contributed by atoms with E-state index < -0.39 is 0 Å². The molecule has 0 saturated carbocycles. The van der Waals surface area contributed by atoms with E-state index in [0.29, 0.717) is 5.69 Å². The number of hydrogen-bond donors (Lipinski definition) is 2. The van der Waals surface area contributed by atoms with Gasteiger partial charge in [-0.3, -0.25) is 4.98 Å². The van der Waals surface area contributed by atoms with Crippen molar-refractivity contribution in [3.8, 4) is 21.7 Å². The lowest BCUT2D eigenvalue weighted by molar-refractivity contribution is 0.262. The number of nitrogens with zero attached hydrogens (tertiary/aromatic N) is 3. The van der Waals surface area contributed by atoms with Crippen LogP contribution < -0.4 is 10.6 Å². The van der Waals surface area contributed by atoms with Gasteiger partial charge in [-0.1, -0.05) is 18.2 Å². The van der Waals surface area contributed by atoms with Gasteiger partial charge in [0.15, 0.2) is 0 Å². The Morgan fingerprint density at radius 2 is 1.61 bits per heavy atom. The highest BCUT2D eigenvalue weighted by molar-refractivity contribution is 7.21. The number of anilines is 2. The Hall–Kier alpha value is -4.10. The zero-order valence-corrected chi connectivity index (χ0v) is 19.0. The fourth-order valence-electron chi connectivity index (χ4n) is 3.60. The fourth-order valence-corrected chi connectivity index (χ4v) is 4.61. The minimum atomic E-state index is -0.293. The molecule has 0 unspecified atom stereocenters. The lowest BCUT2D eigenvalue weighted by atomic mass is 10.1. The molecule has 0 spiro atoms. The Balaban J connectivity index is 1.41. The molecule has 0 bridgehead atoms. The van der Waals surface area contributed by atoms with Crippen molar-refractivity contribution in [2.24, 2.45) is 0 Å². The van der Waals surface area contributed by atoms with Crippen LogP contribution in [0.15, 0.2) is 79.4 Å². The number of carbonyl (C=O) groups excluding carboxylic acids is 1. The van der Waals surface area contributed by atoms with Crippen molar-refractivity contribution in [2.75, 3.05) is 10.6 Å². The lowest BCUT2D eigenvalue weighted by Gasteiger charge is -2.10. The van der Waals surface area contributed by atoms with E-state index in [1.165, 1.54) is 5.56 Å². The fraction of sp³-hybridized carbons (Fsp3) is 0.0769. The van der Waals surface area contributed by atoms with Gasteiger partial charge >= 0.3 is 6.03 Å². The first-order valence-corrected chi connectivity index (χ1v) is 11.3. The van der Waals surface area contributed by atoms with E-state index >= 15 is 0 Å². The van der Waals surface area contributed by atoms with Crippen LogP contribution in [0.3, 0.4) is 0 Å². The molecule has 162 valence electrons. The minimum Gasteiger partial charge on any atom is -0.308 e. The molecular weight excluding hydrogens is 430 g/mol. The van der Waals surface area contributed by atoms with Crippen LogP contribution in [0.5, 0.6) is 0 Å². The number of nitrogens with one attached hydrogen (secondary N) is 2. The Kier molecular flexibility index (Phi) is 5.54. The Bertz CT molecular complexity index is 1460. The van der Waals surface area contributed by atoms with E-state index in [4.69, 9.17) is 0 Å². The molecule has 33 heavy (non-hydrogen) atoms. The summed E-state index contributed by atoms with van der Waals surface area (Å²) in [4.78, 5) is 27.7. The number of amides is 2. The number of aromatic nitrogens is 3. The number of rotatable bonds is 4. The molecule has 7 heteroatoms. The van der Waals surface area contributed by atoms with Gasteiger partial charge in [-0.25, -0.2) is 14.8 Å². The van der Waals surface area contributed by atoms with Crippen LogP contribution in [0.4, 0.5) is 16.2 Å². The molecule has 5 aromatic rings. The second-order valence-corrected chi connectivity index (χ2v) is 8.78. The second kappa shape index (κ2) is 8.80. The Labute approximate surface area is 195 Å². The van der Waals surface area contributed by atoms with Crippen molar-refractivity contribution in [2.45, 2.75) is 13.8 Å². The monoisotopic (exact) mass is 451 g/mol. The molecule has 2 N–H and O–H groups in total. The van der Waals surface area contributed by atoms with Crippen molar-refractivity contribution in [3.63, 3.8) is 0 Å². The SMILES string of the molecule is Cc1ccc(NC(=O)Nc2cccc(-c3ncnc4sc(-c5ccncc5)cc34)c2)cc1C. The zero-order valence-electron chi connectivity index (χ0n) is 18.2. The molecule has 0 aliphatic carbocycles. The van der Waals surface area contributed by atoms with Crippen LogP contribution in [0, 0.1) is 13.8 Å². The van der Waals surface area contributed by atoms with E-state index in [1.54, 1.807) is 30.1 Å². The van der Waals surface area contributed by atoms with Gasteiger partial charge in [-0.2, -0.15) is 0 Å². The number of fused-ring (bicyclic) bond motifs is 1. The molecule has 5 rings (SSSR count). The van der Waals surface area contributed by atoms with Gasteiger partial charge in [0.25, 0.3) is 0 Å². The van der Waals surface area contributed by atoms with Crippen molar-refractivity contribution in [3.05, 3.63) is 90.5 Å². The van der Waals surface area contributed by atoms with Crippen molar-refractivity contribution in [1.82, 2.24) is 15.0 Å². The molecule has 0 aliphatic heterocycles. The molecule has 3 aromatic heterocycles. The maximum Gasteiger partial charge on any atom is 0.323 e. The van der Waals surface area contributed by atoms with E-state index in [1.807, 2.05) is 68.4 Å². The summed E-state index contributed by atoms with van der Waals surface area (Å²) in [6.07, 6.45) is 5.14. The first kappa shape index (κ1) is 20.8. The smallest absolute Gasteiger partial charge is 0.308 e. The molecule has 0 aliphatic rings. The molecule has 3 heterocycles. The summed E-state index contributed by atoms with van der Waals surface area (Å²) in [6, 6.07) is 19.3. The van der Waals surface area contributed by atoms with Crippen LogP contribution >= 0.6 is 11.3 Å². The van der Waals surface area contributed by atoms with Crippen LogP contribution in [0.25, 0.3) is 31.9 Å². The van der Waals surface area contributed by atoms with Gasteiger partial charge in [0.1, 0.15) is 11.2 Å². The molecule has 0 atom stereocenters. The van der Waals surface area contributed by atoms with Crippen LogP contribution in [0.2, 0.25) is 0 Å². The van der Waals surface area contributed by atoms with Crippen molar-refractivity contribution < 1.29 is 4.79 Å². The molecule has 0 saturated heterocycles. The summed E-state index contributed by atoms with van der Waals surface area (Å²) in [7, 11) is 0. The average Bonchev–Trinajstić information content (AvgIpc) is 3.27. The van der Waals surface area contributed by atoms with Crippen LogP contribution in [-0.2, 0) is 0 Å². The van der Waals surface area contributed by atoms with Crippen molar-refractivity contribution >= 4 is 39.0 Å². The summed E-state index contributed by atoms with van der Waals surface area (Å²) >= 11 is 1.62. The number of hydrogen-bond acceptors (Lipinski definition) is 5. The van der Waals surface area contributed by atoms with Gasteiger partial charge in [-0.05, 0) is 73.0 Å². The van der Waals surface area contributed by atoms with Crippen molar-refractivity contribution in [1.29, 1.82) is 0 Å². The predicted octanol–water partition coefficient (Wildman–Crippen LogP) is 6.68. The van der Waals surface area contributed by atoms with E-state index in [-0.39, 0.29) is 6.03 Å². The van der Waals surface area contributed by atoms with Crippen LogP contribution in [-0.4, -0.2) is 21.0 Å². The summed E-state index contributed by atoms with van der Waals surface area (Å²) in [5.74, 6) is 0. The maximum absolute atomic E-state index is 12.5. The molecule has 6 nitrogen and oxygen atoms in total. The first-order chi connectivity index (χ1) is 16.1. The van der Waals surface area contributed by atoms with E-state index in [9.17, 15) is 4.79 Å². The third-order valence-corrected chi connectivity index (χ3v) is 6.55. The number of urea groups is 1. The Morgan fingerprint density at radius 1 is 0.818 bits per heavy atom. The number of benzene rings is 2. The molecule has 0 fully saturated rings. The summed E-state index contributed by atoms with van der Waals surface area (Å²) in [5, 5.41) is 6.78. The highest BCUT2D eigenvalue weighted by Gasteiger charge is 2.13. The van der Waals surface area contributed by atoms with Gasteiger partial charge in [0.05, 0.1) is 5.69 Å².